The van der Waals surface area contributed by atoms with E-state index in [1.165, 1.54) is 0 Å². The van der Waals surface area contributed by atoms with Gasteiger partial charge in [-0.05, 0) is 31.5 Å². The van der Waals surface area contributed by atoms with Crippen molar-refractivity contribution in [2.75, 3.05) is 26.3 Å². The number of hydrogen-bond acceptors (Lipinski definition) is 4. The van der Waals surface area contributed by atoms with Crippen LogP contribution in [0.4, 0.5) is 0 Å². The number of carboxylic acids is 1. The molecule has 118 valence electrons. The molecule has 1 aliphatic heterocycles. The van der Waals surface area contributed by atoms with E-state index in [2.05, 4.69) is 9.88 Å². The molecule has 1 fully saturated rings. The molecule has 0 saturated carbocycles. The van der Waals surface area contributed by atoms with Gasteiger partial charge in [-0.2, -0.15) is 0 Å². The third-order valence-corrected chi connectivity index (χ3v) is 4.13. The lowest BCUT2D eigenvalue weighted by Gasteiger charge is -2.26. The largest absolute Gasteiger partial charge is 0.480 e. The summed E-state index contributed by atoms with van der Waals surface area (Å²) in [5.74, 6) is -0.0412. The third kappa shape index (κ3) is 2.84. The standard InChI is InChI=1S/C16H21N3O3/c1-11-3-4-14-13(9-11)17-15(19(14)12(2)16(20)21)10-18-5-7-22-8-6-18/h3-4,9,12H,5-8,10H2,1-2H3,(H,20,21). The lowest BCUT2D eigenvalue weighted by molar-refractivity contribution is -0.140. The van der Waals surface area contributed by atoms with Gasteiger partial charge in [0, 0.05) is 13.1 Å². The molecule has 2 heterocycles. The summed E-state index contributed by atoms with van der Waals surface area (Å²) >= 11 is 0. The van der Waals surface area contributed by atoms with Crippen molar-refractivity contribution < 1.29 is 14.6 Å². The molecular weight excluding hydrogens is 282 g/mol. The van der Waals surface area contributed by atoms with E-state index >= 15 is 0 Å². The lowest BCUT2D eigenvalue weighted by atomic mass is 10.2. The van der Waals surface area contributed by atoms with Crippen LogP contribution in [0.3, 0.4) is 0 Å². The van der Waals surface area contributed by atoms with E-state index in [0.29, 0.717) is 19.8 Å². The number of benzene rings is 1. The monoisotopic (exact) mass is 303 g/mol. The van der Waals surface area contributed by atoms with E-state index in [9.17, 15) is 9.90 Å². The second-order valence-electron chi connectivity index (χ2n) is 5.79. The number of aryl methyl sites for hydroxylation is 1. The van der Waals surface area contributed by atoms with Crippen LogP contribution < -0.4 is 0 Å². The van der Waals surface area contributed by atoms with E-state index in [0.717, 1.165) is 35.5 Å². The highest BCUT2D eigenvalue weighted by Crippen LogP contribution is 2.23. The molecule has 1 aromatic carbocycles. The Morgan fingerprint density at radius 3 is 2.82 bits per heavy atom. The molecule has 0 bridgehead atoms. The van der Waals surface area contributed by atoms with Gasteiger partial charge in [0.05, 0.1) is 30.8 Å². The summed E-state index contributed by atoms with van der Waals surface area (Å²) in [7, 11) is 0. The molecule has 1 unspecified atom stereocenters. The van der Waals surface area contributed by atoms with Crippen LogP contribution in [0.2, 0.25) is 0 Å². The molecule has 0 radical (unpaired) electrons. The van der Waals surface area contributed by atoms with E-state index < -0.39 is 12.0 Å². The molecule has 2 aromatic rings. The van der Waals surface area contributed by atoms with Crippen LogP contribution >= 0.6 is 0 Å². The summed E-state index contributed by atoms with van der Waals surface area (Å²) in [5, 5.41) is 9.42. The molecule has 0 spiro atoms. The van der Waals surface area contributed by atoms with Gasteiger partial charge in [-0.1, -0.05) is 6.07 Å². The van der Waals surface area contributed by atoms with Crippen LogP contribution in [0, 0.1) is 6.92 Å². The van der Waals surface area contributed by atoms with Crippen LogP contribution in [0.25, 0.3) is 11.0 Å². The average molecular weight is 303 g/mol. The maximum Gasteiger partial charge on any atom is 0.326 e. The summed E-state index contributed by atoms with van der Waals surface area (Å²) < 4.78 is 7.20. The molecule has 1 aromatic heterocycles. The van der Waals surface area contributed by atoms with Crippen LogP contribution in [-0.4, -0.2) is 51.8 Å². The van der Waals surface area contributed by atoms with Crippen molar-refractivity contribution in [3.63, 3.8) is 0 Å². The number of carbonyl (C=O) groups is 1. The van der Waals surface area contributed by atoms with Crippen molar-refractivity contribution >= 4 is 17.0 Å². The molecular formula is C16H21N3O3. The first kappa shape index (κ1) is 15.0. The zero-order valence-electron chi connectivity index (χ0n) is 13.0. The van der Waals surface area contributed by atoms with Crippen molar-refractivity contribution in [2.24, 2.45) is 0 Å². The number of imidazole rings is 1. The maximum atomic E-state index is 11.5. The zero-order valence-corrected chi connectivity index (χ0v) is 13.0. The van der Waals surface area contributed by atoms with E-state index in [1.807, 2.05) is 29.7 Å². The smallest absolute Gasteiger partial charge is 0.326 e. The molecule has 6 heteroatoms. The first-order chi connectivity index (χ1) is 10.6. The minimum atomic E-state index is -0.844. The van der Waals surface area contributed by atoms with Crippen molar-refractivity contribution in [3.8, 4) is 0 Å². The molecule has 0 aliphatic carbocycles. The number of aliphatic carboxylic acids is 1. The fourth-order valence-electron chi connectivity index (χ4n) is 2.87. The topological polar surface area (TPSA) is 67.6 Å². The Balaban J connectivity index is 2.02. The van der Waals surface area contributed by atoms with Crippen LogP contribution in [0.15, 0.2) is 18.2 Å². The highest BCUT2D eigenvalue weighted by molar-refractivity contribution is 5.80. The van der Waals surface area contributed by atoms with Gasteiger partial charge < -0.3 is 14.4 Å². The molecule has 0 amide bonds. The number of morpholine rings is 1. The van der Waals surface area contributed by atoms with E-state index in [1.54, 1.807) is 6.92 Å². The highest BCUT2D eigenvalue weighted by atomic mass is 16.5. The van der Waals surface area contributed by atoms with Crippen molar-refractivity contribution in [2.45, 2.75) is 26.4 Å². The van der Waals surface area contributed by atoms with Gasteiger partial charge in [-0.25, -0.2) is 9.78 Å². The van der Waals surface area contributed by atoms with Gasteiger partial charge in [-0.15, -0.1) is 0 Å². The van der Waals surface area contributed by atoms with Crippen molar-refractivity contribution in [3.05, 3.63) is 29.6 Å². The van der Waals surface area contributed by atoms with Gasteiger partial charge in [0.1, 0.15) is 11.9 Å². The summed E-state index contributed by atoms with van der Waals surface area (Å²) in [6.45, 7) is 7.50. The minimum absolute atomic E-state index is 0.635. The second kappa shape index (κ2) is 6.06. The van der Waals surface area contributed by atoms with Crippen molar-refractivity contribution in [1.29, 1.82) is 0 Å². The SMILES string of the molecule is Cc1ccc2c(c1)nc(CN1CCOCC1)n2C(C)C(=O)O. The number of aromatic nitrogens is 2. The third-order valence-electron chi connectivity index (χ3n) is 4.13. The van der Waals surface area contributed by atoms with Gasteiger partial charge in [0.15, 0.2) is 0 Å². The number of carboxylic acid groups (broad SMARTS) is 1. The number of hydrogen-bond donors (Lipinski definition) is 1. The first-order valence-corrected chi connectivity index (χ1v) is 7.56. The summed E-state index contributed by atoms with van der Waals surface area (Å²) in [4.78, 5) is 18.4. The van der Waals surface area contributed by atoms with Crippen LogP contribution in [-0.2, 0) is 16.1 Å². The summed E-state index contributed by atoms with van der Waals surface area (Å²) in [6.07, 6.45) is 0. The number of nitrogens with zero attached hydrogens (tertiary/aromatic N) is 3. The Morgan fingerprint density at radius 1 is 1.41 bits per heavy atom. The number of ether oxygens (including phenoxy) is 1. The molecule has 22 heavy (non-hydrogen) atoms. The van der Waals surface area contributed by atoms with Crippen molar-refractivity contribution in [1.82, 2.24) is 14.5 Å². The summed E-state index contributed by atoms with van der Waals surface area (Å²) in [6, 6.07) is 5.32. The Labute approximate surface area is 129 Å². The van der Waals surface area contributed by atoms with Crippen LogP contribution in [0.1, 0.15) is 24.4 Å². The molecule has 1 aliphatic rings. The second-order valence-corrected chi connectivity index (χ2v) is 5.79. The zero-order chi connectivity index (χ0) is 15.7. The Morgan fingerprint density at radius 2 is 2.14 bits per heavy atom. The fourth-order valence-corrected chi connectivity index (χ4v) is 2.87. The predicted octanol–water partition coefficient (Wildman–Crippen LogP) is 1.82. The average Bonchev–Trinajstić information content (AvgIpc) is 2.84. The first-order valence-electron chi connectivity index (χ1n) is 7.56. The van der Waals surface area contributed by atoms with Gasteiger partial charge in [0.2, 0.25) is 0 Å². The van der Waals surface area contributed by atoms with E-state index in [4.69, 9.17) is 4.74 Å². The number of rotatable bonds is 4. The van der Waals surface area contributed by atoms with Gasteiger partial charge >= 0.3 is 5.97 Å². The Kier molecular flexibility index (Phi) is 4.13. The molecule has 1 saturated heterocycles. The Hall–Kier alpha value is -1.92. The molecule has 1 atom stereocenters. The quantitative estimate of drug-likeness (QED) is 0.933. The fraction of sp³-hybridized carbons (Fsp3) is 0.500. The van der Waals surface area contributed by atoms with Gasteiger partial charge in [-0.3, -0.25) is 4.90 Å². The maximum absolute atomic E-state index is 11.5. The molecule has 3 rings (SSSR count). The van der Waals surface area contributed by atoms with Gasteiger partial charge in [0.25, 0.3) is 0 Å². The molecule has 1 N–H and O–H groups in total. The Bertz CT molecular complexity index is 689. The highest BCUT2D eigenvalue weighted by Gasteiger charge is 2.23. The lowest BCUT2D eigenvalue weighted by Crippen LogP contribution is -2.36. The normalized spacial score (nSPS) is 17.7. The van der Waals surface area contributed by atoms with E-state index in [-0.39, 0.29) is 0 Å². The predicted molar refractivity (Wildman–Crippen MR) is 82.9 cm³/mol. The minimum Gasteiger partial charge on any atom is -0.480 e. The van der Waals surface area contributed by atoms with Crippen LogP contribution in [0.5, 0.6) is 0 Å². The summed E-state index contributed by atoms with van der Waals surface area (Å²) in [5.41, 5.74) is 2.86. The number of fused-ring (bicyclic) bond motifs is 1. The molecule has 6 nitrogen and oxygen atoms in total.